The van der Waals surface area contributed by atoms with Crippen molar-refractivity contribution in [3.05, 3.63) is 42.5 Å². The first-order valence-electron chi connectivity index (χ1n) is 14.2. The zero-order chi connectivity index (χ0) is 29.1. The van der Waals surface area contributed by atoms with E-state index in [0.29, 0.717) is 18.6 Å². The van der Waals surface area contributed by atoms with Crippen LogP contribution in [0.1, 0.15) is 65.4 Å². The van der Waals surface area contributed by atoms with Crippen molar-refractivity contribution in [3.63, 3.8) is 0 Å². The molecule has 4 unspecified atom stereocenters. The van der Waals surface area contributed by atoms with Crippen molar-refractivity contribution in [2.75, 3.05) is 5.75 Å². The second-order valence-electron chi connectivity index (χ2n) is 13.1. The highest BCUT2D eigenvalue weighted by Crippen LogP contribution is 2.82. The van der Waals surface area contributed by atoms with Gasteiger partial charge in [-0.1, -0.05) is 52.0 Å². The Kier molecular flexibility index (Phi) is 7.23. The van der Waals surface area contributed by atoms with Gasteiger partial charge in [-0.2, -0.15) is 5.10 Å². The molecule has 0 heterocycles. The van der Waals surface area contributed by atoms with Gasteiger partial charge in [-0.15, -0.1) is 18.3 Å². The fraction of sp³-hybridized carbons (Fsp3) is 0.613. The van der Waals surface area contributed by atoms with E-state index >= 15 is 0 Å². The van der Waals surface area contributed by atoms with Crippen molar-refractivity contribution < 1.29 is 19.4 Å². The van der Waals surface area contributed by atoms with Crippen molar-refractivity contribution in [3.8, 4) is 0 Å². The molecule has 9 heteroatoms. The van der Waals surface area contributed by atoms with Crippen LogP contribution in [0.4, 0.5) is 0 Å². The minimum absolute atomic E-state index is 0.0224. The smallest absolute Gasteiger partial charge is 0.316 e. The molecule has 1 aromatic carbocycles. The summed E-state index contributed by atoms with van der Waals surface area (Å²) in [5.74, 6) is 0.211. The van der Waals surface area contributed by atoms with E-state index in [4.69, 9.17) is 15.9 Å². The summed E-state index contributed by atoms with van der Waals surface area (Å²) in [4.78, 5) is 27.8. The first kappa shape index (κ1) is 28.9. The minimum Gasteiger partial charge on any atom is -0.461 e. The Morgan fingerprint density at radius 3 is 2.75 bits per heavy atom. The molecule has 1 aromatic rings. The predicted molar refractivity (Wildman–Crippen MR) is 157 cm³/mol. The molecule has 2 bridgehead atoms. The van der Waals surface area contributed by atoms with Crippen LogP contribution in [0.3, 0.4) is 0 Å². The summed E-state index contributed by atoms with van der Waals surface area (Å²) in [7, 11) is 0. The average Bonchev–Trinajstić information content (AvgIpc) is 3.10. The van der Waals surface area contributed by atoms with Gasteiger partial charge in [0.15, 0.2) is 0 Å². The van der Waals surface area contributed by atoms with Gasteiger partial charge in [0, 0.05) is 33.1 Å². The van der Waals surface area contributed by atoms with Gasteiger partial charge in [0.1, 0.15) is 11.9 Å². The number of carbonyl (C=O) groups excluding carboxylic acids is 2. The van der Waals surface area contributed by atoms with Crippen LogP contribution in [0.5, 0.6) is 0 Å². The normalized spacial score (nSPS) is 41.8. The van der Waals surface area contributed by atoms with E-state index in [2.05, 4.69) is 37.9 Å². The van der Waals surface area contributed by atoms with Crippen molar-refractivity contribution >= 4 is 35.7 Å². The molecule has 40 heavy (non-hydrogen) atoms. The van der Waals surface area contributed by atoms with E-state index in [-0.39, 0.29) is 51.7 Å². The van der Waals surface area contributed by atoms with E-state index in [9.17, 15) is 14.7 Å². The van der Waals surface area contributed by atoms with Crippen molar-refractivity contribution in [1.29, 1.82) is 5.41 Å². The number of Topliss-reactive ketones (excluding diaryl/α,β-unsaturated/α-hetero) is 1. The van der Waals surface area contributed by atoms with E-state index < -0.39 is 17.6 Å². The minimum atomic E-state index is -0.637. The molecule has 5 rings (SSSR count). The third kappa shape index (κ3) is 4.14. The van der Waals surface area contributed by atoms with Crippen molar-refractivity contribution in [2.45, 2.75) is 76.9 Å². The van der Waals surface area contributed by atoms with Crippen LogP contribution >= 0.6 is 11.8 Å². The standard InChI is InChI=1S/C31H42N4O4S/c1-6-28(4)14-23(39-24(37)16-40-21-10-8-7-9-20(21)15-34-35-27(32)33)29(5)18(2)13-31-17-30(26(29)31,12-11-22(31)36)19(3)25(28)38/h6-10,15,18-19,23,25-26,38H,1,11-14,16-17H2,2-5H3,(H4,32,33,35)/b34-15-/t18?,19-,23+,25-,26?,28+,29-,30?,31?/m0/s1. The summed E-state index contributed by atoms with van der Waals surface area (Å²) in [6.07, 6.45) is 5.82. The van der Waals surface area contributed by atoms with Crippen LogP contribution in [0.2, 0.25) is 0 Å². The number of aliphatic hydroxyl groups excluding tert-OH is 1. The topological polar surface area (TPSA) is 138 Å². The SMILES string of the molecule is C=C[C@]1(C)C[C@@H](OC(=O)CSc2ccccc2/C=N\NC(=N)N)[C@]2(C)C(C)CC34CC(CCC3=O)(C42)[C@@H](C)[C@@H]1O. The molecule has 4 aliphatic carbocycles. The number of hydrogen-bond donors (Lipinski definition) is 4. The lowest BCUT2D eigenvalue weighted by molar-refractivity contribution is -0.257. The van der Waals surface area contributed by atoms with E-state index in [1.54, 1.807) is 6.21 Å². The Balaban J connectivity index is 1.42. The average molecular weight is 567 g/mol. The Bertz CT molecular complexity index is 1270. The molecule has 4 aliphatic rings. The third-order valence-corrected chi connectivity index (χ3v) is 12.3. The number of benzene rings is 1. The number of guanidine groups is 1. The molecular formula is C31H42N4O4S. The lowest BCUT2D eigenvalue weighted by Gasteiger charge is -2.71. The van der Waals surface area contributed by atoms with Gasteiger partial charge in [-0.25, -0.2) is 5.43 Å². The molecular weight excluding hydrogens is 524 g/mol. The highest BCUT2D eigenvalue weighted by atomic mass is 32.2. The van der Waals surface area contributed by atoms with Gasteiger partial charge >= 0.3 is 5.97 Å². The lowest BCUT2D eigenvalue weighted by atomic mass is 9.32. The number of thioether (sulfide) groups is 1. The van der Waals surface area contributed by atoms with Gasteiger partial charge in [-0.05, 0) is 54.9 Å². The van der Waals surface area contributed by atoms with Crippen LogP contribution < -0.4 is 11.2 Å². The summed E-state index contributed by atoms with van der Waals surface area (Å²) >= 11 is 1.37. The van der Waals surface area contributed by atoms with Gasteiger partial charge < -0.3 is 15.6 Å². The zero-order valence-corrected chi connectivity index (χ0v) is 24.7. The Hall–Kier alpha value is -2.65. The fourth-order valence-electron chi connectivity index (χ4n) is 9.24. The molecule has 9 atom stereocenters. The van der Waals surface area contributed by atoms with Crippen molar-refractivity contribution in [1.82, 2.24) is 5.43 Å². The molecule has 0 saturated heterocycles. The largest absolute Gasteiger partial charge is 0.461 e. The third-order valence-electron chi connectivity index (χ3n) is 11.3. The number of hydrogen-bond acceptors (Lipinski definition) is 7. The number of nitrogens with zero attached hydrogens (tertiary/aromatic N) is 1. The molecule has 216 valence electrons. The maximum Gasteiger partial charge on any atom is 0.316 e. The highest BCUT2D eigenvalue weighted by molar-refractivity contribution is 8.00. The number of hydrazone groups is 1. The quantitative estimate of drug-likeness (QED) is 0.0952. The summed E-state index contributed by atoms with van der Waals surface area (Å²) in [6.45, 7) is 12.8. The van der Waals surface area contributed by atoms with Crippen LogP contribution in [0, 0.1) is 44.8 Å². The van der Waals surface area contributed by atoms with E-state index in [1.807, 2.05) is 37.3 Å². The molecule has 0 radical (unpaired) electrons. The molecule has 8 nitrogen and oxygen atoms in total. The molecule has 2 spiro atoms. The molecule has 4 fully saturated rings. The number of ketones is 1. The molecule has 0 aromatic heterocycles. The van der Waals surface area contributed by atoms with Gasteiger partial charge in [0.25, 0.3) is 0 Å². The summed E-state index contributed by atoms with van der Waals surface area (Å²) < 4.78 is 6.41. The first-order chi connectivity index (χ1) is 18.8. The Morgan fingerprint density at radius 2 is 2.05 bits per heavy atom. The van der Waals surface area contributed by atoms with Gasteiger partial charge in [0.2, 0.25) is 5.96 Å². The monoisotopic (exact) mass is 566 g/mol. The van der Waals surface area contributed by atoms with Gasteiger partial charge in [0.05, 0.1) is 18.1 Å². The number of esters is 1. The maximum atomic E-state index is 13.5. The molecule has 4 saturated carbocycles. The predicted octanol–water partition coefficient (Wildman–Crippen LogP) is 4.50. The van der Waals surface area contributed by atoms with Crippen LogP contribution in [-0.4, -0.2) is 47.0 Å². The molecule has 0 aliphatic heterocycles. The second kappa shape index (κ2) is 10.0. The first-order valence-corrected chi connectivity index (χ1v) is 15.2. The number of ether oxygens (including phenoxy) is 1. The van der Waals surface area contributed by atoms with Crippen LogP contribution in [0.15, 0.2) is 46.9 Å². The lowest BCUT2D eigenvalue weighted by Crippen LogP contribution is -2.71. The summed E-state index contributed by atoms with van der Waals surface area (Å²) in [6, 6.07) is 7.55. The number of nitrogens with one attached hydrogen (secondary N) is 2. The molecule has 0 amide bonds. The fourth-order valence-corrected chi connectivity index (χ4v) is 10.0. The maximum absolute atomic E-state index is 13.5. The van der Waals surface area contributed by atoms with Crippen LogP contribution in [-0.2, 0) is 14.3 Å². The summed E-state index contributed by atoms with van der Waals surface area (Å²) in [5, 5.41) is 23.0. The zero-order valence-electron chi connectivity index (χ0n) is 23.9. The highest BCUT2D eigenvalue weighted by Gasteiger charge is 2.81. The molecule has 5 N–H and O–H groups in total. The van der Waals surface area contributed by atoms with E-state index in [0.717, 1.165) is 29.7 Å². The Labute approximate surface area is 241 Å². The van der Waals surface area contributed by atoms with Gasteiger partial charge in [-0.3, -0.25) is 15.0 Å². The van der Waals surface area contributed by atoms with Crippen LogP contribution in [0.25, 0.3) is 0 Å². The summed E-state index contributed by atoms with van der Waals surface area (Å²) in [5.41, 5.74) is 7.00. The number of aliphatic hydroxyl groups is 1. The van der Waals surface area contributed by atoms with E-state index in [1.165, 1.54) is 11.8 Å². The Morgan fingerprint density at radius 1 is 1.32 bits per heavy atom. The van der Waals surface area contributed by atoms with Crippen molar-refractivity contribution in [2.24, 2.45) is 50.2 Å². The number of carbonyl (C=O) groups is 2. The number of rotatable bonds is 7. The second-order valence-corrected chi connectivity index (χ2v) is 14.1. The number of nitrogens with two attached hydrogens (primary N) is 1.